The maximum Gasteiger partial charge on any atom is 0.261 e. The van der Waals surface area contributed by atoms with Crippen molar-refractivity contribution in [2.24, 2.45) is 0 Å². The van der Waals surface area contributed by atoms with Crippen LogP contribution in [0.15, 0.2) is 71.6 Å². The molecular weight excluding hydrogens is 382 g/mol. The van der Waals surface area contributed by atoms with Crippen LogP contribution in [-0.4, -0.2) is 8.42 Å². The number of aryl methyl sites for hydroxylation is 1. The van der Waals surface area contributed by atoms with Crippen molar-refractivity contribution in [3.63, 3.8) is 0 Å². The standard InChI is InChI=1S/C20H16ClN3O2S/c1-14-11-19(9-10-20(14)21)27(25,26)24-17-7-5-16(6-8-17)23-18-4-2-3-15(12-18)13-22/h2-12,23-24H,1H3. The molecule has 7 heteroatoms. The number of benzene rings is 3. The largest absolute Gasteiger partial charge is 0.355 e. The molecule has 0 spiro atoms. The Hall–Kier alpha value is -3.01. The number of halogens is 1. The molecule has 0 saturated heterocycles. The van der Waals surface area contributed by atoms with Crippen LogP contribution < -0.4 is 10.0 Å². The van der Waals surface area contributed by atoms with Gasteiger partial charge in [0.25, 0.3) is 10.0 Å². The Kier molecular flexibility index (Phi) is 5.36. The van der Waals surface area contributed by atoms with E-state index in [2.05, 4.69) is 16.1 Å². The fraction of sp³-hybridized carbons (Fsp3) is 0.0500. The first kappa shape index (κ1) is 18.8. The lowest BCUT2D eigenvalue weighted by Gasteiger charge is -2.11. The van der Waals surface area contributed by atoms with Gasteiger partial charge in [-0.1, -0.05) is 17.7 Å². The van der Waals surface area contributed by atoms with Crippen molar-refractivity contribution in [2.45, 2.75) is 11.8 Å². The minimum Gasteiger partial charge on any atom is -0.355 e. The normalized spacial score (nSPS) is 10.9. The van der Waals surface area contributed by atoms with Crippen LogP contribution in [0.1, 0.15) is 11.1 Å². The fourth-order valence-corrected chi connectivity index (χ4v) is 3.71. The number of rotatable bonds is 5. The third kappa shape index (κ3) is 4.59. The summed E-state index contributed by atoms with van der Waals surface area (Å²) in [5, 5.41) is 12.6. The van der Waals surface area contributed by atoms with E-state index in [9.17, 15) is 8.42 Å². The van der Waals surface area contributed by atoms with Gasteiger partial charge in [-0.2, -0.15) is 5.26 Å². The Bertz CT molecular complexity index is 1120. The minimum absolute atomic E-state index is 0.153. The van der Waals surface area contributed by atoms with Crippen molar-refractivity contribution >= 4 is 38.7 Å². The number of nitrogens with zero attached hydrogens (tertiary/aromatic N) is 1. The summed E-state index contributed by atoms with van der Waals surface area (Å²) >= 11 is 5.95. The molecule has 3 rings (SSSR count). The molecular formula is C20H16ClN3O2S. The lowest BCUT2D eigenvalue weighted by molar-refractivity contribution is 0.601. The summed E-state index contributed by atoms with van der Waals surface area (Å²) in [6.07, 6.45) is 0. The summed E-state index contributed by atoms with van der Waals surface area (Å²) in [5.41, 5.74) is 3.25. The second kappa shape index (κ2) is 7.70. The van der Waals surface area contributed by atoms with Gasteiger partial charge < -0.3 is 5.32 Å². The highest BCUT2D eigenvalue weighted by atomic mass is 35.5. The van der Waals surface area contributed by atoms with E-state index < -0.39 is 10.0 Å². The maximum absolute atomic E-state index is 12.5. The third-order valence-corrected chi connectivity index (χ3v) is 5.66. The van der Waals surface area contributed by atoms with Gasteiger partial charge in [-0.25, -0.2) is 8.42 Å². The molecule has 136 valence electrons. The highest BCUT2D eigenvalue weighted by molar-refractivity contribution is 7.92. The topological polar surface area (TPSA) is 82.0 Å². The van der Waals surface area contributed by atoms with E-state index in [1.807, 2.05) is 6.07 Å². The zero-order valence-electron chi connectivity index (χ0n) is 14.4. The monoisotopic (exact) mass is 397 g/mol. The molecule has 27 heavy (non-hydrogen) atoms. The summed E-state index contributed by atoms with van der Waals surface area (Å²) in [4.78, 5) is 0.153. The average Bonchev–Trinajstić information content (AvgIpc) is 2.65. The molecule has 0 atom stereocenters. The van der Waals surface area contributed by atoms with E-state index in [0.717, 1.165) is 11.4 Å². The molecule has 0 bridgehead atoms. The van der Waals surface area contributed by atoms with Gasteiger partial charge in [0.2, 0.25) is 0 Å². The summed E-state index contributed by atoms with van der Waals surface area (Å²) in [6.45, 7) is 1.75. The van der Waals surface area contributed by atoms with Gasteiger partial charge in [-0.05, 0) is 73.2 Å². The Morgan fingerprint density at radius 3 is 2.30 bits per heavy atom. The second-order valence-corrected chi connectivity index (χ2v) is 8.00. The predicted octanol–water partition coefficient (Wildman–Crippen LogP) is 5.06. The van der Waals surface area contributed by atoms with Crippen LogP contribution in [0.5, 0.6) is 0 Å². The third-order valence-electron chi connectivity index (χ3n) is 3.86. The highest BCUT2D eigenvalue weighted by Crippen LogP contribution is 2.24. The first-order valence-electron chi connectivity index (χ1n) is 8.03. The number of anilines is 3. The first-order chi connectivity index (χ1) is 12.9. The molecule has 0 aliphatic heterocycles. The molecule has 3 aromatic carbocycles. The van der Waals surface area contributed by atoms with Gasteiger partial charge in [0, 0.05) is 22.1 Å². The Labute approximate surface area is 163 Å². The van der Waals surface area contributed by atoms with Crippen molar-refractivity contribution in [2.75, 3.05) is 10.0 Å². The van der Waals surface area contributed by atoms with E-state index in [4.69, 9.17) is 16.9 Å². The molecule has 0 aliphatic carbocycles. The maximum atomic E-state index is 12.5. The van der Waals surface area contributed by atoms with Gasteiger partial charge in [0.1, 0.15) is 0 Å². The SMILES string of the molecule is Cc1cc(S(=O)(=O)Nc2ccc(Nc3cccc(C#N)c3)cc2)ccc1Cl. The van der Waals surface area contributed by atoms with E-state index in [1.54, 1.807) is 55.5 Å². The van der Waals surface area contributed by atoms with E-state index in [0.29, 0.717) is 21.8 Å². The average molecular weight is 398 g/mol. The molecule has 0 aromatic heterocycles. The van der Waals surface area contributed by atoms with Gasteiger partial charge in [-0.3, -0.25) is 4.72 Å². The molecule has 0 aliphatic rings. The van der Waals surface area contributed by atoms with Crippen molar-refractivity contribution in [3.8, 4) is 6.07 Å². The summed E-state index contributed by atoms with van der Waals surface area (Å²) in [7, 11) is -3.70. The fourth-order valence-electron chi connectivity index (χ4n) is 2.45. The summed E-state index contributed by atoms with van der Waals surface area (Å²) in [5.74, 6) is 0. The molecule has 0 amide bonds. The van der Waals surface area contributed by atoms with E-state index >= 15 is 0 Å². The zero-order valence-corrected chi connectivity index (χ0v) is 16.0. The number of nitrogens with one attached hydrogen (secondary N) is 2. The number of hydrogen-bond acceptors (Lipinski definition) is 4. The molecule has 0 fully saturated rings. The number of hydrogen-bond donors (Lipinski definition) is 2. The van der Waals surface area contributed by atoms with Crippen LogP contribution in [0.25, 0.3) is 0 Å². The first-order valence-corrected chi connectivity index (χ1v) is 9.90. The lowest BCUT2D eigenvalue weighted by Crippen LogP contribution is -2.13. The highest BCUT2D eigenvalue weighted by Gasteiger charge is 2.15. The Morgan fingerprint density at radius 2 is 1.63 bits per heavy atom. The van der Waals surface area contributed by atoms with Gasteiger partial charge >= 0.3 is 0 Å². The number of sulfonamides is 1. The molecule has 0 saturated carbocycles. The van der Waals surface area contributed by atoms with Gasteiger partial charge in [0.15, 0.2) is 0 Å². The summed E-state index contributed by atoms with van der Waals surface area (Å²) in [6, 6.07) is 20.6. The van der Waals surface area contributed by atoms with Gasteiger partial charge in [-0.15, -0.1) is 0 Å². The Balaban J connectivity index is 1.75. The van der Waals surface area contributed by atoms with Crippen molar-refractivity contribution in [1.82, 2.24) is 0 Å². The Morgan fingerprint density at radius 1 is 0.926 bits per heavy atom. The lowest BCUT2D eigenvalue weighted by atomic mass is 10.2. The zero-order chi connectivity index (χ0) is 19.4. The van der Waals surface area contributed by atoms with E-state index in [1.165, 1.54) is 12.1 Å². The van der Waals surface area contributed by atoms with E-state index in [-0.39, 0.29) is 4.90 Å². The molecule has 2 N–H and O–H groups in total. The van der Waals surface area contributed by atoms with Crippen molar-refractivity contribution < 1.29 is 8.42 Å². The minimum atomic E-state index is -3.70. The summed E-state index contributed by atoms with van der Waals surface area (Å²) < 4.78 is 27.6. The predicted molar refractivity (Wildman–Crippen MR) is 108 cm³/mol. The quantitative estimate of drug-likeness (QED) is 0.630. The van der Waals surface area contributed by atoms with Crippen LogP contribution in [0.2, 0.25) is 5.02 Å². The van der Waals surface area contributed by atoms with Crippen LogP contribution >= 0.6 is 11.6 Å². The van der Waals surface area contributed by atoms with Gasteiger partial charge in [0.05, 0.1) is 16.5 Å². The van der Waals surface area contributed by atoms with Crippen molar-refractivity contribution in [3.05, 3.63) is 82.9 Å². The second-order valence-electron chi connectivity index (χ2n) is 5.91. The van der Waals surface area contributed by atoms with Crippen LogP contribution in [-0.2, 0) is 10.0 Å². The molecule has 0 radical (unpaired) electrons. The van der Waals surface area contributed by atoms with Crippen molar-refractivity contribution in [1.29, 1.82) is 5.26 Å². The molecule has 0 unspecified atom stereocenters. The number of nitriles is 1. The smallest absolute Gasteiger partial charge is 0.261 e. The molecule has 5 nitrogen and oxygen atoms in total. The van der Waals surface area contributed by atoms with Crippen LogP contribution in [0.3, 0.4) is 0 Å². The van der Waals surface area contributed by atoms with Crippen LogP contribution in [0.4, 0.5) is 17.1 Å². The molecule has 3 aromatic rings. The van der Waals surface area contributed by atoms with Crippen LogP contribution in [0, 0.1) is 18.3 Å². The molecule has 0 heterocycles.